The minimum absolute atomic E-state index is 0.0181. The number of aryl methyl sites for hydroxylation is 1. The van der Waals surface area contributed by atoms with E-state index in [0.29, 0.717) is 17.2 Å². The first-order valence-corrected chi connectivity index (χ1v) is 11.7. The minimum Gasteiger partial charge on any atom is -0.322 e. The van der Waals surface area contributed by atoms with Crippen LogP contribution in [0.4, 0.5) is 10.1 Å². The van der Waals surface area contributed by atoms with Crippen LogP contribution in [0.1, 0.15) is 48.0 Å². The number of halogens is 1. The smallest absolute Gasteiger partial charge is 0.255 e. The van der Waals surface area contributed by atoms with Crippen LogP contribution in [0.5, 0.6) is 0 Å². The van der Waals surface area contributed by atoms with Gasteiger partial charge in [0.2, 0.25) is 5.91 Å². The highest BCUT2D eigenvalue weighted by atomic mass is 32.2. The molecule has 1 aliphatic carbocycles. The van der Waals surface area contributed by atoms with Gasteiger partial charge in [-0.05, 0) is 49.9 Å². The van der Waals surface area contributed by atoms with Gasteiger partial charge in [0.1, 0.15) is 11.9 Å². The Morgan fingerprint density at radius 1 is 1.03 bits per heavy atom. The van der Waals surface area contributed by atoms with Gasteiger partial charge >= 0.3 is 0 Å². The standard InChI is InChI=1S/C24H27FN2O2S/c1-16-11-13-17(14-12-16)23(29)27-21(15-30-24(27)18-7-3-2-4-8-18)22(28)26-20-10-6-5-9-19(20)25/h5-6,9-14,18,21,24H,2-4,7-8,15H2,1H3,(H,26,28). The molecule has 158 valence electrons. The summed E-state index contributed by atoms with van der Waals surface area (Å²) in [6, 6.07) is 13.0. The number of rotatable bonds is 4. The molecule has 1 aliphatic heterocycles. The molecule has 2 atom stereocenters. The molecule has 2 amide bonds. The van der Waals surface area contributed by atoms with Gasteiger partial charge in [0.25, 0.3) is 5.91 Å². The van der Waals surface area contributed by atoms with Crippen molar-refractivity contribution in [2.24, 2.45) is 5.92 Å². The molecule has 1 N–H and O–H groups in total. The third-order valence-corrected chi connectivity index (χ3v) is 7.52. The summed E-state index contributed by atoms with van der Waals surface area (Å²) in [6.07, 6.45) is 5.73. The van der Waals surface area contributed by atoms with Crippen molar-refractivity contribution in [1.82, 2.24) is 4.90 Å². The van der Waals surface area contributed by atoms with Gasteiger partial charge in [-0.15, -0.1) is 11.8 Å². The second kappa shape index (κ2) is 9.21. The third kappa shape index (κ3) is 4.38. The maximum absolute atomic E-state index is 14.1. The normalized spacial score (nSPS) is 22.1. The molecule has 1 heterocycles. The van der Waals surface area contributed by atoms with Crippen LogP contribution in [0.15, 0.2) is 48.5 Å². The molecule has 6 heteroatoms. The predicted molar refractivity (Wildman–Crippen MR) is 119 cm³/mol. The van der Waals surface area contributed by atoms with Gasteiger partial charge in [-0.1, -0.05) is 49.1 Å². The van der Waals surface area contributed by atoms with E-state index in [1.165, 1.54) is 25.3 Å². The van der Waals surface area contributed by atoms with Gasteiger partial charge in [0.05, 0.1) is 11.1 Å². The van der Waals surface area contributed by atoms with Gasteiger partial charge in [-0.2, -0.15) is 0 Å². The Morgan fingerprint density at radius 2 is 1.73 bits per heavy atom. The topological polar surface area (TPSA) is 49.4 Å². The van der Waals surface area contributed by atoms with Crippen LogP contribution in [0.3, 0.4) is 0 Å². The fraction of sp³-hybridized carbons (Fsp3) is 0.417. The van der Waals surface area contributed by atoms with Gasteiger partial charge in [0, 0.05) is 11.3 Å². The molecular formula is C24H27FN2O2S. The lowest BCUT2D eigenvalue weighted by Crippen LogP contribution is -2.49. The summed E-state index contributed by atoms with van der Waals surface area (Å²) in [5, 5.41) is 2.68. The average molecular weight is 427 g/mol. The summed E-state index contributed by atoms with van der Waals surface area (Å²) in [6.45, 7) is 1.98. The molecule has 0 aromatic heterocycles. The highest BCUT2D eigenvalue weighted by Crippen LogP contribution is 2.41. The number of thioether (sulfide) groups is 1. The number of hydrogen-bond donors (Lipinski definition) is 1. The number of nitrogens with one attached hydrogen (secondary N) is 1. The average Bonchev–Trinajstić information content (AvgIpc) is 3.21. The molecule has 0 radical (unpaired) electrons. The summed E-state index contributed by atoms with van der Waals surface area (Å²) < 4.78 is 14.1. The molecule has 0 spiro atoms. The van der Waals surface area contributed by atoms with Gasteiger partial charge in [-0.3, -0.25) is 9.59 Å². The fourth-order valence-corrected chi connectivity index (χ4v) is 6.03. The number of nitrogens with zero attached hydrogens (tertiary/aromatic N) is 1. The summed E-state index contributed by atoms with van der Waals surface area (Å²) >= 11 is 1.68. The Labute approximate surface area is 181 Å². The van der Waals surface area contributed by atoms with E-state index in [2.05, 4.69) is 5.32 Å². The summed E-state index contributed by atoms with van der Waals surface area (Å²) in [5.41, 5.74) is 1.82. The largest absolute Gasteiger partial charge is 0.322 e. The second-order valence-corrected chi connectivity index (χ2v) is 9.33. The van der Waals surface area contributed by atoms with Crippen molar-refractivity contribution in [3.8, 4) is 0 Å². The van der Waals surface area contributed by atoms with Gasteiger partial charge < -0.3 is 10.2 Å². The molecule has 2 fully saturated rings. The fourth-order valence-electron chi connectivity index (χ4n) is 4.39. The zero-order chi connectivity index (χ0) is 21.1. The van der Waals surface area contributed by atoms with E-state index in [-0.39, 0.29) is 22.9 Å². The second-order valence-electron chi connectivity index (χ2n) is 8.19. The Morgan fingerprint density at radius 3 is 2.43 bits per heavy atom. The molecule has 30 heavy (non-hydrogen) atoms. The summed E-state index contributed by atoms with van der Waals surface area (Å²) in [7, 11) is 0. The minimum atomic E-state index is -0.615. The molecule has 2 unspecified atom stereocenters. The lowest BCUT2D eigenvalue weighted by Gasteiger charge is -2.35. The summed E-state index contributed by atoms with van der Waals surface area (Å²) in [5.74, 6) is -0.00392. The Bertz CT molecular complexity index is 912. The van der Waals surface area contributed by atoms with E-state index in [1.807, 2.05) is 31.2 Å². The molecule has 2 aliphatic rings. The first-order chi connectivity index (χ1) is 14.5. The molecule has 0 bridgehead atoms. The van der Waals surface area contributed by atoms with E-state index in [4.69, 9.17) is 0 Å². The Hall–Kier alpha value is -2.34. The number of anilines is 1. The molecule has 4 rings (SSSR count). The van der Waals surface area contributed by atoms with E-state index in [1.54, 1.807) is 34.9 Å². The summed E-state index contributed by atoms with van der Waals surface area (Å²) in [4.78, 5) is 28.4. The first-order valence-electron chi connectivity index (χ1n) is 10.6. The lowest BCUT2D eigenvalue weighted by atomic mass is 9.88. The number of amides is 2. The van der Waals surface area contributed by atoms with Crippen molar-refractivity contribution in [2.75, 3.05) is 11.1 Å². The van der Waals surface area contributed by atoms with E-state index in [0.717, 1.165) is 18.4 Å². The molecule has 1 saturated carbocycles. The number of hydrogen-bond acceptors (Lipinski definition) is 3. The van der Waals surface area contributed by atoms with E-state index >= 15 is 0 Å². The highest BCUT2D eigenvalue weighted by molar-refractivity contribution is 8.00. The molecule has 2 aromatic carbocycles. The monoisotopic (exact) mass is 426 g/mol. The van der Waals surface area contributed by atoms with Crippen LogP contribution in [-0.2, 0) is 4.79 Å². The van der Waals surface area contributed by atoms with Gasteiger partial charge in [0.15, 0.2) is 0 Å². The van der Waals surface area contributed by atoms with E-state index in [9.17, 15) is 14.0 Å². The number of benzene rings is 2. The van der Waals surface area contributed by atoms with Gasteiger partial charge in [-0.25, -0.2) is 4.39 Å². The van der Waals surface area contributed by atoms with Crippen molar-refractivity contribution in [2.45, 2.75) is 50.4 Å². The van der Waals surface area contributed by atoms with Crippen molar-refractivity contribution in [1.29, 1.82) is 0 Å². The van der Waals surface area contributed by atoms with Crippen LogP contribution in [-0.4, -0.2) is 33.9 Å². The zero-order valence-electron chi connectivity index (χ0n) is 17.1. The highest BCUT2D eigenvalue weighted by Gasteiger charge is 2.45. The lowest BCUT2D eigenvalue weighted by molar-refractivity contribution is -0.120. The first kappa shape index (κ1) is 20.9. The molecular weight excluding hydrogens is 399 g/mol. The third-order valence-electron chi connectivity index (χ3n) is 6.06. The van der Waals surface area contributed by atoms with Crippen LogP contribution in [0, 0.1) is 18.7 Å². The number of carbonyl (C=O) groups excluding carboxylic acids is 2. The zero-order valence-corrected chi connectivity index (χ0v) is 18.0. The number of para-hydroxylation sites is 1. The Kier molecular flexibility index (Phi) is 6.42. The molecule has 4 nitrogen and oxygen atoms in total. The quantitative estimate of drug-likeness (QED) is 0.728. The SMILES string of the molecule is Cc1ccc(C(=O)N2C(C(=O)Nc3ccccc3F)CSC2C2CCCCC2)cc1. The maximum atomic E-state index is 14.1. The maximum Gasteiger partial charge on any atom is 0.255 e. The Balaban J connectivity index is 1.60. The molecule has 2 aromatic rings. The van der Waals surface area contributed by atoms with E-state index < -0.39 is 11.9 Å². The van der Waals surface area contributed by atoms with Crippen LogP contribution >= 0.6 is 11.8 Å². The predicted octanol–water partition coefficient (Wildman–Crippen LogP) is 5.24. The van der Waals surface area contributed by atoms with Crippen molar-refractivity contribution >= 4 is 29.3 Å². The van der Waals surface area contributed by atoms with Crippen LogP contribution in [0.25, 0.3) is 0 Å². The molecule has 1 saturated heterocycles. The van der Waals surface area contributed by atoms with Crippen LogP contribution < -0.4 is 5.32 Å². The van der Waals surface area contributed by atoms with Crippen LogP contribution in [0.2, 0.25) is 0 Å². The van der Waals surface area contributed by atoms with Crippen molar-refractivity contribution in [3.05, 3.63) is 65.5 Å². The van der Waals surface area contributed by atoms with Crippen molar-refractivity contribution < 1.29 is 14.0 Å². The van der Waals surface area contributed by atoms with Crippen molar-refractivity contribution in [3.63, 3.8) is 0 Å². The number of carbonyl (C=O) groups is 2.